The van der Waals surface area contributed by atoms with Crippen molar-refractivity contribution in [1.82, 2.24) is 5.32 Å². The van der Waals surface area contributed by atoms with Gasteiger partial charge in [0.25, 0.3) is 0 Å². The summed E-state index contributed by atoms with van der Waals surface area (Å²) in [6.45, 7) is 3.35. The van der Waals surface area contributed by atoms with E-state index in [1.54, 1.807) is 0 Å². The highest BCUT2D eigenvalue weighted by atomic mass is 16.7. The number of carbonyl (C=O) groups is 1. The zero-order chi connectivity index (χ0) is 47.6. The first kappa shape index (κ1) is 61.3. The van der Waals surface area contributed by atoms with Crippen LogP contribution in [0.15, 0.2) is 36.5 Å². The van der Waals surface area contributed by atoms with E-state index in [2.05, 4.69) is 49.5 Å². The number of unbranched alkanes of at least 4 members (excludes halogenated alkanes) is 27. The van der Waals surface area contributed by atoms with Gasteiger partial charge >= 0.3 is 0 Å². The molecule has 1 heterocycles. The molecular formula is C54H101NO10. The normalized spacial score (nSPS) is 21.2. The van der Waals surface area contributed by atoms with Crippen molar-refractivity contribution in [2.24, 2.45) is 0 Å². The Morgan fingerprint density at radius 3 is 1.38 bits per heavy atom. The third kappa shape index (κ3) is 32.7. The SMILES string of the molecule is CCCCCC/C=C\CCC(O)C(=O)NC(COC1OC(CO)C(O)C(O)C1O)C(O)C(O)CCC/C=C/CC/C=C/CCCCCCCCCCCCCCCCCCCCCCC. The molecule has 11 heteroatoms. The van der Waals surface area contributed by atoms with Crippen molar-refractivity contribution in [2.75, 3.05) is 13.2 Å². The molecule has 382 valence electrons. The van der Waals surface area contributed by atoms with Crippen LogP contribution in [0.4, 0.5) is 0 Å². The lowest BCUT2D eigenvalue weighted by molar-refractivity contribution is -0.303. The van der Waals surface area contributed by atoms with Crippen molar-refractivity contribution in [1.29, 1.82) is 0 Å². The molecule has 0 saturated carbocycles. The van der Waals surface area contributed by atoms with E-state index in [0.29, 0.717) is 19.3 Å². The summed E-state index contributed by atoms with van der Waals surface area (Å²) in [7, 11) is 0. The number of nitrogens with one attached hydrogen (secondary N) is 1. The summed E-state index contributed by atoms with van der Waals surface area (Å²) in [5.74, 6) is -0.747. The Hall–Kier alpha value is -1.67. The second-order valence-electron chi connectivity index (χ2n) is 18.9. The van der Waals surface area contributed by atoms with Crippen LogP contribution in [0.25, 0.3) is 0 Å². The van der Waals surface area contributed by atoms with Gasteiger partial charge in [-0.3, -0.25) is 4.79 Å². The molecule has 0 aliphatic carbocycles. The summed E-state index contributed by atoms with van der Waals surface area (Å²) in [6, 6.07) is -1.20. The maximum atomic E-state index is 13.0. The largest absolute Gasteiger partial charge is 0.394 e. The van der Waals surface area contributed by atoms with Crippen molar-refractivity contribution in [3.05, 3.63) is 36.5 Å². The van der Waals surface area contributed by atoms with E-state index >= 15 is 0 Å². The number of allylic oxidation sites excluding steroid dienone is 6. The van der Waals surface area contributed by atoms with E-state index in [1.807, 2.05) is 6.08 Å². The molecule has 1 aliphatic heterocycles. The minimum Gasteiger partial charge on any atom is -0.394 e. The highest BCUT2D eigenvalue weighted by Gasteiger charge is 2.44. The molecule has 1 amide bonds. The van der Waals surface area contributed by atoms with Crippen molar-refractivity contribution in [3.63, 3.8) is 0 Å². The highest BCUT2D eigenvalue weighted by molar-refractivity contribution is 5.80. The summed E-state index contributed by atoms with van der Waals surface area (Å²) in [4.78, 5) is 13.0. The van der Waals surface area contributed by atoms with Gasteiger partial charge in [-0.15, -0.1) is 0 Å². The number of carbonyl (C=O) groups excluding carboxylic acids is 1. The Morgan fingerprint density at radius 2 is 0.923 bits per heavy atom. The van der Waals surface area contributed by atoms with Crippen molar-refractivity contribution in [2.45, 2.75) is 287 Å². The van der Waals surface area contributed by atoms with Gasteiger partial charge in [0.1, 0.15) is 36.6 Å². The summed E-state index contributed by atoms with van der Waals surface area (Å²) in [5, 5.41) is 75.5. The molecule has 0 radical (unpaired) electrons. The summed E-state index contributed by atoms with van der Waals surface area (Å²) < 4.78 is 11.0. The quantitative estimate of drug-likeness (QED) is 0.0216. The third-order valence-electron chi connectivity index (χ3n) is 12.9. The third-order valence-corrected chi connectivity index (χ3v) is 12.9. The van der Waals surface area contributed by atoms with Crippen LogP contribution in [0.5, 0.6) is 0 Å². The molecule has 11 nitrogen and oxygen atoms in total. The monoisotopic (exact) mass is 924 g/mol. The van der Waals surface area contributed by atoms with Crippen molar-refractivity contribution < 1.29 is 50.0 Å². The number of aliphatic hydroxyl groups is 7. The first-order valence-electron chi connectivity index (χ1n) is 26.9. The predicted molar refractivity (Wildman–Crippen MR) is 265 cm³/mol. The van der Waals surface area contributed by atoms with Crippen LogP contribution in [-0.4, -0.2) is 110 Å². The fourth-order valence-electron chi connectivity index (χ4n) is 8.46. The second-order valence-corrected chi connectivity index (χ2v) is 18.9. The lowest BCUT2D eigenvalue weighted by Crippen LogP contribution is -2.60. The van der Waals surface area contributed by atoms with Crippen LogP contribution in [0.1, 0.15) is 232 Å². The molecule has 0 aromatic carbocycles. The minimum absolute atomic E-state index is 0.165. The maximum absolute atomic E-state index is 13.0. The zero-order valence-corrected chi connectivity index (χ0v) is 41.5. The highest BCUT2D eigenvalue weighted by Crippen LogP contribution is 2.23. The van der Waals surface area contributed by atoms with E-state index in [-0.39, 0.29) is 12.8 Å². The standard InChI is InChI=1S/C54H101NO10/c1-3-5-7-9-11-13-14-15-16-17-18-19-20-21-22-23-24-25-26-27-28-29-30-31-32-33-34-36-37-39-41-46(57)49(59)45(44-64-54-52(62)51(61)50(60)48(43-56)65-54)55-53(63)47(58)42-40-38-35-12-10-8-6-4-2/h30-31,34-36,38,45-52,54,56-62H,3-29,32-33,37,39-44H2,1-2H3,(H,55,63)/b31-30+,36-34+,38-35-. The molecule has 8 N–H and O–H groups in total. The van der Waals surface area contributed by atoms with Crippen LogP contribution in [0.3, 0.4) is 0 Å². The van der Waals surface area contributed by atoms with Crippen LogP contribution in [0, 0.1) is 0 Å². The molecule has 0 spiro atoms. The first-order valence-corrected chi connectivity index (χ1v) is 26.9. The Labute approximate surface area is 397 Å². The molecule has 1 rings (SSSR count). The van der Waals surface area contributed by atoms with E-state index < -0.39 is 74.2 Å². The molecular weight excluding hydrogens is 823 g/mol. The van der Waals surface area contributed by atoms with Gasteiger partial charge in [-0.25, -0.2) is 0 Å². The molecule has 9 unspecified atom stereocenters. The zero-order valence-electron chi connectivity index (χ0n) is 41.5. The second kappa shape index (κ2) is 43.6. The number of amides is 1. The van der Waals surface area contributed by atoms with Gasteiger partial charge in [0, 0.05) is 0 Å². The van der Waals surface area contributed by atoms with E-state index in [9.17, 15) is 40.5 Å². The van der Waals surface area contributed by atoms with Gasteiger partial charge in [0.15, 0.2) is 6.29 Å². The lowest BCUT2D eigenvalue weighted by Gasteiger charge is -2.40. The molecule has 1 fully saturated rings. The number of aliphatic hydroxyl groups excluding tert-OH is 7. The molecule has 0 aromatic heterocycles. The van der Waals surface area contributed by atoms with Crippen molar-refractivity contribution in [3.8, 4) is 0 Å². The molecule has 0 aromatic rings. The average Bonchev–Trinajstić information content (AvgIpc) is 3.31. The Bertz CT molecular complexity index is 1150. The Morgan fingerprint density at radius 1 is 0.523 bits per heavy atom. The first-order chi connectivity index (χ1) is 31.7. The Kier molecular flexibility index (Phi) is 41.1. The number of hydrogen-bond donors (Lipinski definition) is 8. The smallest absolute Gasteiger partial charge is 0.249 e. The van der Waals surface area contributed by atoms with Gasteiger partial charge < -0.3 is 50.5 Å². The van der Waals surface area contributed by atoms with Gasteiger partial charge in [0.05, 0.1) is 25.4 Å². The van der Waals surface area contributed by atoms with E-state index in [1.165, 1.54) is 154 Å². The summed E-state index contributed by atoms with van der Waals surface area (Å²) >= 11 is 0. The van der Waals surface area contributed by atoms with E-state index in [0.717, 1.165) is 32.1 Å². The van der Waals surface area contributed by atoms with E-state index in [4.69, 9.17) is 9.47 Å². The number of ether oxygens (including phenoxy) is 2. The van der Waals surface area contributed by atoms with Crippen LogP contribution >= 0.6 is 0 Å². The molecule has 1 aliphatic rings. The number of rotatable bonds is 45. The maximum Gasteiger partial charge on any atom is 0.249 e. The minimum atomic E-state index is -1.68. The van der Waals surface area contributed by atoms with Gasteiger partial charge in [-0.1, -0.05) is 198 Å². The molecule has 65 heavy (non-hydrogen) atoms. The van der Waals surface area contributed by atoms with Crippen LogP contribution < -0.4 is 5.32 Å². The number of hydrogen-bond acceptors (Lipinski definition) is 10. The lowest BCUT2D eigenvalue weighted by atomic mass is 9.99. The molecule has 0 bridgehead atoms. The summed E-state index contributed by atoms with van der Waals surface area (Å²) in [6.07, 6.45) is 41.3. The van der Waals surface area contributed by atoms with Gasteiger partial charge in [-0.2, -0.15) is 0 Å². The van der Waals surface area contributed by atoms with Crippen LogP contribution in [0.2, 0.25) is 0 Å². The van der Waals surface area contributed by atoms with Crippen LogP contribution in [-0.2, 0) is 14.3 Å². The average molecular weight is 924 g/mol. The summed E-state index contributed by atoms with van der Waals surface area (Å²) in [5.41, 5.74) is 0. The predicted octanol–water partition coefficient (Wildman–Crippen LogP) is 10.3. The molecule has 9 atom stereocenters. The van der Waals surface area contributed by atoms with Gasteiger partial charge in [-0.05, 0) is 70.6 Å². The topological polar surface area (TPSA) is 189 Å². The fraction of sp³-hybridized carbons (Fsp3) is 0.870. The fourth-order valence-corrected chi connectivity index (χ4v) is 8.46. The van der Waals surface area contributed by atoms with Crippen molar-refractivity contribution >= 4 is 5.91 Å². The Balaban J connectivity index is 2.25. The van der Waals surface area contributed by atoms with Gasteiger partial charge in [0.2, 0.25) is 5.91 Å². The molecule has 1 saturated heterocycles.